The van der Waals surface area contributed by atoms with E-state index in [9.17, 15) is 4.79 Å². The van der Waals surface area contributed by atoms with Crippen LogP contribution in [0.4, 0.5) is 5.69 Å². The first-order valence-corrected chi connectivity index (χ1v) is 31.1. The summed E-state index contributed by atoms with van der Waals surface area (Å²) in [7, 11) is 3.56. The van der Waals surface area contributed by atoms with Gasteiger partial charge in [0.25, 0.3) is 0 Å². The minimum atomic E-state index is -0.334. The first kappa shape index (κ1) is 60.7. The summed E-state index contributed by atoms with van der Waals surface area (Å²) in [5, 5.41) is 7.31. The molecule has 9 rings (SSSR count). The van der Waals surface area contributed by atoms with E-state index in [4.69, 9.17) is 35.2 Å². The number of nitrogens with zero attached hydrogens (tertiary/aromatic N) is 6. The summed E-state index contributed by atoms with van der Waals surface area (Å²) in [6.07, 6.45) is 14.3. The highest BCUT2D eigenvalue weighted by Crippen LogP contribution is 2.47. The zero-order chi connectivity index (χ0) is 56.8. The van der Waals surface area contributed by atoms with Crippen molar-refractivity contribution in [3.63, 3.8) is 0 Å². The van der Waals surface area contributed by atoms with Crippen LogP contribution in [0.1, 0.15) is 155 Å². The van der Waals surface area contributed by atoms with Crippen molar-refractivity contribution in [3.8, 4) is 11.3 Å². The molecule has 0 radical (unpaired) electrons. The van der Waals surface area contributed by atoms with Crippen LogP contribution in [0.25, 0.3) is 22.2 Å². The maximum atomic E-state index is 15.6. The van der Waals surface area contributed by atoms with Gasteiger partial charge in [-0.05, 0) is 155 Å². The number of amides is 1. The maximum absolute atomic E-state index is 15.6. The number of likely N-dealkylation sites (tertiary alicyclic amines) is 2. The van der Waals surface area contributed by atoms with Crippen LogP contribution in [0.5, 0.6) is 0 Å². The highest BCUT2D eigenvalue weighted by molar-refractivity contribution is 5.95. The van der Waals surface area contributed by atoms with Gasteiger partial charge in [-0.2, -0.15) is 0 Å². The first-order valence-electron chi connectivity index (χ1n) is 31.1. The molecule has 1 amide bonds. The van der Waals surface area contributed by atoms with E-state index in [1.807, 2.05) is 0 Å². The number of anilines is 1. The summed E-state index contributed by atoms with van der Waals surface area (Å²) < 4.78 is 32.0. The number of carbonyl (C=O) groups is 2. The van der Waals surface area contributed by atoms with Crippen molar-refractivity contribution in [2.45, 2.75) is 175 Å². The lowest BCUT2D eigenvalue weighted by Crippen LogP contribution is -2.72. The number of fused-ring (bicyclic) bond motifs is 1. The SMILES string of the molecule is C=C([C@@H](NC(=O)[C@H](C(C)C)N1CCC[C@@H]1C(C)(C)C1CCOCC1)[C@@H](CCN(CCOC)c1ccc2c(c1)c(CC(C)(C)CCC=O)c(-c1cc(C3CCOCC3)cnc1[C@H](C)OC)n2CC)N1CC2(COC2)C1)N1CCCCN1. The van der Waals surface area contributed by atoms with Crippen LogP contribution in [-0.4, -0.2) is 167 Å². The molecule has 2 N–H and O–H groups in total. The fourth-order valence-electron chi connectivity index (χ4n) is 15.1. The molecule has 0 bridgehead atoms. The summed E-state index contributed by atoms with van der Waals surface area (Å²) in [6.45, 7) is 35.3. The molecular formula is C65H102N8O7. The second-order valence-electron chi connectivity index (χ2n) is 26.6. The van der Waals surface area contributed by atoms with E-state index in [1.165, 1.54) is 27.7 Å². The Kier molecular flexibility index (Phi) is 20.3. The fourth-order valence-corrected chi connectivity index (χ4v) is 15.1. The number of aldehydes is 1. The monoisotopic (exact) mass is 1110 g/mol. The molecule has 2 aromatic heterocycles. The fraction of sp³-hybridized carbons (Fsp3) is 0.738. The van der Waals surface area contributed by atoms with Crippen molar-refractivity contribution in [2.75, 3.05) is 111 Å². The van der Waals surface area contributed by atoms with Crippen molar-refractivity contribution >= 4 is 28.8 Å². The number of benzene rings is 1. The number of aromatic nitrogens is 2. The van der Waals surface area contributed by atoms with Crippen LogP contribution in [0.2, 0.25) is 0 Å². The molecule has 1 spiro atoms. The van der Waals surface area contributed by atoms with Gasteiger partial charge in [-0.3, -0.25) is 19.6 Å². The zero-order valence-corrected chi connectivity index (χ0v) is 50.9. The Morgan fingerprint density at radius 3 is 2.34 bits per heavy atom. The zero-order valence-electron chi connectivity index (χ0n) is 50.9. The van der Waals surface area contributed by atoms with Gasteiger partial charge in [-0.15, -0.1) is 0 Å². The van der Waals surface area contributed by atoms with E-state index in [0.717, 1.165) is 185 Å². The van der Waals surface area contributed by atoms with Gasteiger partial charge >= 0.3 is 0 Å². The highest BCUT2D eigenvalue weighted by Gasteiger charge is 2.53. The van der Waals surface area contributed by atoms with E-state index >= 15 is 4.79 Å². The Labute approximate surface area is 480 Å². The average Bonchev–Trinajstić information content (AvgIpc) is 4.07. The van der Waals surface area contributed by atoms with Crippen LogP contribution in [0.3, 0.4) is 0 Å². The Morgan fingerprint density at radius 1 is 0.963 bits per heavy atom. The quantitative estimate of drug-likeness (QED) is 0.0703. The van der Waals surface area contributed by atoms with Crippen LogP contribution < -0.4 is 15.6 Å². The van der Waals surface area contributed by atoms with E-state index < -0.39 is 0 Å². The first-order chi connectivity index (χ1) is 38.5. The molecule has 444 valence electrons. The second-order valence-corrected chi connectivity index (χ2v) is 26.6. The molecule has 15 nitrogen and oxygen atoms in total. The second kappa shape index (κ2) is 26.8. The number of aryl methyl sites for hydroxylation is 1. The minimum Gasteiger partial charge on any atom is -0.383 e. The molecule has 6 aliphatic rings. The third kappa shape index (κ3) is 13.2. The van der Waals surface area contributed by atoms with Gasteiger partial charge in [-0.25, -0.2) is 5.43 Å². The van der Waals surface area contributed by atoms with Crippen molar-refractivity contribution < 1.29 is 33.3 Å². The third-order valence-corrected chi connectivity index (χ3v) is 19.9. The van der Waals surface area contributed by atoms with E-state index in [2.05, 4.69) is 121 Å². The van der Waals surface area contributed by atoms with Gasteiger partial charge in [0.15, 0.2) is 0 Å². The standard InChI is InChI=1S/C65H102N8O7/c1-12-71-55-19-18-51(38-52(55)54(39-63(6,7)25-16-31-74)61(71)53-37-49(48-21-32-78-33-22-48)40-66-59(53)47(5)77-11)69(30-36-76-10)29-20-56(70-41-65(42-70)43-80-44-65)58(46(4)73-28-14-13-26-67-73)68-62(75)60(45(2)3)72-27-15-17-57(72)64(8,9)50-23-34-79-35-24-50/h18-19,31,37-38,40,45,47-48,50,56-58,60,67H,4,12-17,20-30,32-36,39,41-44H2,1-3,5-11H3,(H,68,75)/t47-,56+,57+,58+,60-/m0/s1. The lowest BCUT2D eigenvalue weighted by Gasteiger charge is -2.59. The molecule has 0 unspecified atom stereocenters. The molecule has 6 saturated heterocycles. The Balaban J connectivity index is 1.10. The smallest absolute Gasteiger partial charge is 0.238 e. The van der Waals surface area contributed by atoms with Gasteiger partial charge in [0, 0.05) is 144 Å². The summed E-state index contributed by atoms with van der Waals surface area (Å²) in [5.74, 6) is 1.16. The summed E-state index contributed by atoms with van der Waals surface area (Å²) in [4.78, 5) is 40.6. The molecule has 6 fully saturated rings. The van der Waals surface area contributed by atoms with Gasteiger partial charge in [-0.1, -0.05) is 48.1 Å². The summed E-state index contributed by atoms with van der Waals surface area (Å²) in [5.41, 5.74) is 12.8. The number of pyridine rings is 1. The molecule has 5 atom stereocenters. The predicted molar refractivity (Wildman–Crippen MR) is 320 cm³/mol. The lowest BCUT2D eigenvalue weighted by molar-refractivity contribution is -0.200. The largest absolute Gasteiger partial charge is 0.383 e. The van der Waals surface area contributed by atoms with Crippen molar-refractivity contribution in [2.24, 2.45) is 28.1 Å². The topological polar surface area (TPSA) is 135 Å². The van der Waals surface area contributed by atoms with E-state index in [-0.39, 0.29) is 52.3 Å². The van der Waals surface area contributed by atoms with Crippen molar-refractivity contribution in [1.82, 2.24) is 35.1 Å². The van der Waals surface area contributed by atoms with Gasteiger partial charge in [0.1, 0.15) is 6.29 Å². The number of methoxy groups -OCH3 is 2. The number of rotatable bonds is 27. The Bertz CT molecular complexity index is 2530. The van der Waals surface area contributed by atoms with Gasteiger partial charge < -0.3 is 48.3 Å². The van der Waals surface area contributed by atoms with Crippen LogP contribution in [0, 0.1) is 28.1 Å². The molecule has 15 heteroatoms. The van der Waals surface area contributed by atoms with Crippen LogP contribution >= 0.6 is 0 Å². The molecule has 8 heterocycles. The Morgan fingerprint density at radius 2 is 1.70 bits per heavy atom. The Hall–Kier alpha value is -3.93. The van der Waals surface area contributed by atoms with Crippen molar-refractivity contribution in [1.29, 1.82) is 0 Å². The van der Waals surface area contributed by atoms with Crippen LogP contribution in [-0.2, 0) is 46.2 Å². The highest BCUT2D eigenvalue weighted by atomic mass is 16.5. The van der Waals surface area contributed by atoms with E-state index in [0.29, 0.717) is 37.5 Å². The van der Waals surface area contributed by atoms with Crippen molar-refractivity contribution in [3.05, 3.63) is 59.6 Å². The third-order valence-electron chi connectivity index (χ3n) is 19.9. The predicted octanol–water partition coefficient (Wildman–Crippen LogP) is 9.96. The average molecular weight is 1110 g/mol. The van der Waals surface area contributed by atoms with Crippen LogP contribution in [0.15, 0.2) is 42.7 Å². The normalized spacial score (nSPS) is 22.3. The van der Waals surface area contributed by atoms with Gasteiger partial charge in [0.2, 0.25) is 5.91 Å². The number of ether oxygens (including phenoxy) is 5. The molecule has 80 heavy (non-hydrogen) atoms. The minimum absolute atomic E-state index is 0.0327. The number of hydrazine groups is 1. The number of hydrogen-bond donors (Lipinski definition) is 2. The van der Waals surface area contributed by atoms with E-state index in [1.54, 1.807) is 14.2 Å². The molecule has 0 aliphatic carbocycles. The molecule has 0 saturated carbocycles. The summed E-state index contributed by atoms with van der Waals surface area (Å²) in [6, 6.07) is 9.14. The molecular weight excluding hydrogens is 1000 g/mol. The molecule has 1 aromatic carbocycles. The number of nitrogens with one attached hydrogen (secondary N) is 2. The van der Waals surface area contributed by atoms with Gasteiger partial charge in [0.05, 0.1) is 49.4 Å². The maximum Gasteiger partial charge on any atom is 0.238 e. The summed E-state index contributed by atoms with van der Waals surface area (Å²) >= 11 is 0. The molecule has 3 aromatic rings. The molecule has 6 aliphatic heterocycles. The number of hydrogen-bond acceptors (Lipinski definition) is 13. The lowest BCUT2D eigenvalue weighted by atomic mass is 9.68. The number of carbonyl (C=O) groups excluding carboxylic acids is 2.